The summed E-state index contributed by atoms with van der Waals surface area (Å²) in [4.78, 5) is 4.34. The van der Waals surface area contributed by atoms with E-state index in [9.17, 15) is 0 Å². The van der Waals surface area contributed by atoms with Gasteiger partial charge < -0.3 is 25.3 Å². The average molecular weight is 341 g/mol. The third-order valence-electron chi connectivity index (χ3n) is 3.96. The van der Waals surface area contributed by atoms with Gasteiger partial charge in [-0.25, -0.2) is 4.99 Å². The molecule has 0 aliphatic carbocycles. The predicted octanol–water partition coefficient (Wildman–Crippen LogP) is 2.50. The summed E-state index contributed by atoms with van der Waals surface area (Å²) in [5.41, 5.74) is 7.12. The Hall–Kier alpha value is -2.89. The molecule has 0 amide bonds. The first kappa shape index (κ1) is 17.0. The number of nitrogens with zero attached hydrogens (tertiary/aromatic N) is 1. The van der Waals surface area contributed by atoms with Crippen molar-refractivity contribution in [3.63, 3.8) is 0 Å². The maximum atomic E-state index is 6.01. The standard InChI is InChI=1S/C19H23N3O3/c1-23-14-5-4-6-15(13-14)24-12-10-21-19(20)22-17-9-11-25-18-8-3-2-7-16(17)18/h2-8,13,17H,9-12H2,1H3,(H3,20,21,22). The maximum Gasteiger partial charge on any atom is 0.189 e. The first-order valence-corrected chi connectivity index (χ1v) is 8.31. The molecule has 0 bridgehead atoms. The maximum absolute atomic E-state index is 6.01. The van der Waals surface area contributed by atoms with E-state index in [0.717, 1.165) is 29.2 Å². The van der Waals surface area contributed by atoms with Gasteiger partial charge in [-0.05, 0) is 18.2 Å². The number of nitrogens with one attached hydrogen (secondary N) is 1. The van der Waals surface area contributed by atoms with Crippen LogP contribution in [0.3, 0.4) is 0 Å². The van der Waals surface area contributed by atoms with Crippen molar-refractivity contribution in [2.45, 2.75) is 12.5 Å². The van der Waals surface area contributed by atoms with E-state index in [1.807, 2.05) is 48.5 Å². The van der Waals surface area contributed by atoms with Crippen molar-refractivity contribution < 1.29 is 14.2 Å². The van der Waals surface area contributed by atoms with E-state index in [4.69, 9.17) is 19.9 Å². The molecule has 1 atom stereocenters. The van der Waals surface area contributed by atoms with Crippen LogP contribution in [0.25, 0.3) is 0 Å². The number of guanidine groups is 1. The van der Waals surface area contributed by atoms with Gasteiger partial charge in [-0.1, -0.05) is 24.3 Å². The first-order chi connectivity index (χ1) is 12.3. The highest BCUT2D eigenvalue weighted by molar-refractivity contribution is 5.78. The van der Waals surface area contributed by atoms with E-state index in [2.05, 4.69) is 10.3 Å². The van der Waals surface area contributed by atoms with Gasteiger partial charge in [0.2, 0.25) is 0 Å². The molecule has 2 aromatic rings. The van der Waals surface area contributed by atoms with Gasteiger partial charge in [-0.15, -0.1) is 0 Å². The molecule has 2 aromatic carbocycles. The molecule has 0 fully saturated rings. The number of aliphatic imine (C=N–C) groups is 1. The summed E-state index contributed by atoms with van der Waals surface area (Å²) in [5.74, 6) is 2.83. The van der Waals surface area contributed by atoms with Crippen molar-refractivity contribution in [3.8, 4) is 17.2 Å². The van der Waals surface area contributed by atoms with E-state index in [-0.39, 0.29) is 6.04 Å². The van der Waals surface area contributed by atoms with Crippen molar-refractivity contribution in [3.05, 3.63) is 54.1 Å². The Bertz CT molecular complexity index is 733. The second kappa shape index (κ2) is 8.28. The van der Waals surface area contributed by atoms with Gasteiger partial charge in [-0.3, -0.25) is 0 Å². The van der Waals surface area contributed by atoms with Crippen molar-refractivity contribution in [2.75, 3.05) is 26.9 Å². The third-order valence-corrected chi connectivity index (χ3v) is 3.96. The molecule has 132 valence electrons. The molecule has 6 nitrogen and oxygen atoms in total. The molecule has 1 aliphatic heterocycles. The minimum atomic E-state index is 0.119. The van der Waals surface area contributed by atoms with Gasteiger partial charge in [0.25, 0.3) is 0 Å². The van der Waals surface area contributed by atoms with Crippen LogP contribution in [0.5, 0.6) is 17.2 Å². The smallest absolute Gasteiger partial charge is 0.189 e. The van der Waals surface area contributed by atoms with E-state index in [1.165, 1.54) is 0 Å². The molecule has 3 N–H and O–H groups in total. The van der Waals surface area contributed by atoms with Crippen LogP contribution in [0.15, 0.2) is 53.5 Å². The zero-order chi connectivity index (χ0) is 17.5. The largest absolute Gasteiger partial charge is 0.497 e. The lowest BCUT2D eigenvalue weighted by atomic mass is 10.0. The fraction of sp³-hybridized carbons (Fsp3) is 0.316. The predicted molar refractivity (Wildman–Crippen MR) is 97.4 cm³/mol. The number of rotatable bonds is 6. The Balaban J connectivity index is 1.49. The third kappa shape index (κ3) is 4.56. The van der Waals surface area contributed by atoms with Crippen LogP contribution in [-0.2, 0) is 0 Å². The highest BCUT2D eigenvalue weighted by Crippen LogP contribution is 2.31. The van der Waals surface area contributed by atoms with Gasteiger partial charge in [0.15, 0.2) is 5.96 Å². The summed E-state index contributed by atoms with van der Waals surface area (Å²) < 4.78 is 16.5. The summed E-state index contributed by atoms with van der Waals surface area (Å²) in [5, 5.41) is 3.26. The molecule has 6 heteroatoms. The van der Waals surface area contributed by atoms with Crippen molar-refractivity contribution in [1.82, 2.24) is 5.32 Å². The number of hydrogen-bond acceptors (Lipinski definition) is 4. The van der Waals surface area contributed by atoms with Crippen LogP contribution in [0, 0.1) is 0 Å². The van der Waals surface area contributed by atoms with Crippen molar-refractivity contribution >= 4 is 5.96 Å². The number of methoxy groups -OCH3 is 1. The molecule has 0 aromatic heterocycles. The van der Waals surface area contributed by atoms with Gasteiger partial charge in [0.05, 0.1) is 26.3 Å². The zero-order valence-electron chi connectivity index (χ0n) is 14.3. The normalized spacial score (nSPS) is 16.5. The molecular weight excluding hydrogens is 318 g/mol. The van der Waals surface area contributed by atoms with E-state index in [0.29, 0.717) is 25.7 Å². The Labute approximate surface area is 147 Å². The molecular formula is C19H23N3O3. The second-order valence-corrected chi connectivity index (χ2v) is 5.67. The number of fused-ring (bicyclic) bond motifs is 1. The van der Waals surface area contributed by atoms with E-state index in [1.54, 1.807) is 7.11 Å². The van der Waals surface area contributed by atoms with Crippen LogP contribution in [0.1, 0.15) is 18.0 Å². The fourth-order valence-electron chi connectivity index (χ4n) is 2.74. The molecule has 0 spiro atoms. The van der Waals surface area contributed by atoms with Gasteiger partial charge in [-0.2, -0.15) is 0 Å². The number of nitrogens with two attached hydrogens (primary N) is 1. The number of ether oxygens (including phenoxy) is 3. The Morgan fingerprint density at radius 3 is 2.96 bits per heavy atom. The molecule has 0 saturated heterocycles. The molecule has 1 unspecified atom stereocenters. The van der Waals surface area contributed by atoms with Gasteiger partial charge in [0.1, 0.15) is 23.9 Å². The van der Waals surface area contributed by atoms with Crippen molar-refractivity contribution in [1.29, 1.82) is 0 Å². The highest BCUT2D eigenvalue weighted by Gasteiger charge is 2.21. The van der Waals surface area contributed by atoms with Crippen LogP contribution < -0.4 is 25.3 Å². The van der Waals surface area contributed by atoms with Gasteiger partial charge >= 0.3 is 0 Å². The Kier molecular flexibility index (Phi) is 5.61. The highest BCUT2D eigenvalue weighted by atomic mass is 16.5. The lowest BCUT2D eigenvalue weighted by Crippen LogP contribution is -2.37. The summed E-state index contributed by atoms with van der Waals surface area (Å²) in [6.07, 6.45) is 0.855. The fourth-order valence-corrected chi connectivity index (χ4v) is 2.74. The van der Waals surface area contributed by atoms with E-state index >= 15 is 0 Å². The van der Waals surface area contributed by atoms with Crippen LogP contribution >= 0.6 is 0 Å². The molecule has 1 aliphatic rings. The summed E-state index contributed by atoms with van der Waals surface area (Å²) in [6.45, 7) is 1.59. The molecule has 3 rings (SSSR count). The van der Waals surface area contributed by atoms with E-state index < -0.39 is 0 Å². The SMILES string of the molecule is COc1cccc(OCCN=C(N)NC2CCOc3ccccc32)c1. The minimum Gasteiger partial charge on any atom is -0.497 e. The molecule has 0 radical (unpaired) electrons. The quantitative estimate of drug-likeness (QED) is 0.479. The number of para-hydroxylation sites is 1. The molecule has 0 saturated carbocycles. The summed E-state index contributed by atoms with van der Waals surface area (Å²) in [7, 11) is 1.63. The molecule has 1 heterocycles. The Morgan fingerprint density at radius 2 is 2.08 bits per heavy atom. The topological polar surface area (TPSA) is 78.1 Å². The number of benzene rings is 2. The zero-order valence-corrected chi connectivity index (χ0v) is 14.3. The van der Waals surface area contributed by atoms with Crippen LogP contribution in [0.2, 0.25) is 0 Å². The monoisotopic (exact) mass is 341 g/mol. The Morgan fingerprint density at radius 1 is 1.24 bits per heavy atom. The molecule has 25 heavy (non-hydrogen) atoms. The lowest BCUT2D eigenvalue weighted by Gasteiger charge is -2.26. The second-order valence-electron chi connectivity index (χ2n) is 5.67. The number of hydrogen-bond donors (Lipinski definition) is 2. The lowest BCUT2D eigenvalue weighted by molar-refractivity contribution is 0.262. The summed E-state index contributed by atoms with van der Waals surface area (Å²) in [6, 6.07) is 15.6. The van der Waals surface area contributed by atoms with Crippen molar-refractivity contribution in [2.24, 2.45) is 10.7 Å². The average Bonchev–Trinajstić information content (AvgIpc) is 2.66. The van der Waals surface area contributed by atoms with Crippen LogP contribution in [-0.4, -0.2) is 32.8 Å². The first-order valence-electron chi connectivity index (χ1n) is 8.31. The van der Waals surface area contributed by atoms with Crippen LogP contribution in [0.4, 0.5) is 0 Å². The van der Waals surface area contributed by atoms with Gasteiger partial charge in [0, 0.05) is 18.1 Å². The minimum absolute atomic E-state index is 0.119. The summed E-state index contributed by atoms with van der Waals surface area (Å²) >= 11 is 0.